The lowest BCUT2D eigenvalue weighted by molar-refractivity contribution is -0.139. The monoisotopic (exact) mass is 517 g/mol. The summed E-state index contributed by atoms with van der Waals surface area (Å²) >= 11 is 1.18. The standard InChI is InChI=1S/C28H27N3O5S/c1-5-10-19-22(27(34)36-6-2)23(16-11-9-12-17(15-16)35-4)31-26(33)24(37-28(31)29-19)21-18-13-7-8-14-20(18)30(3)25(21)32/h7-9,11-15,23H,5-6,10H2,1-4H3/b24-21-/t23-/m1/s1. The zero-order valence-corrected chi connectivity index (χ0v) is 21.9. The van der Waals surface area contributed by atoms with Gasteiger partial charge in [0.2, 0.25) is 0 Å². The molecule has 0 aliphatic carbocycles. The number of esters is 1. The third-order valence-electron chi connectivity index (χ3n) is 6.56. The van der Waals surface area contributed by atoms with Gasteiger partial charge in [-0.15, -0.1) is 0 Å². The van der Waals surface area contributed by atoms with Gasteiger partial charge in [0, 0.05) is 12.6 Å². The maximum absolute atomic E-state index is 14.1. The summed E-state index contributed by atoms with van der Waals surface area (Å²) < 4.78 is 12.7. The lowest BCUT2D eigenvalue weighted by Gasteiger charge is -2.26. The molecular weight excluding hydrogens is 490 g/mol. The van der Waals surface area contributed by atoms with Crippen molar-refractivity contribution >= 4 is 34.5 Å². The van der Waals surface area contributed by atoms with E-state index < -0.39 is 12.0 Å². The normalized spacial score (nSPS) is 17.9. The van der Waals surface area contributed by atoms with Gasteiger partial charge in [-0.2, -0.15) is 0 Å². The number of para-hydroxylation sites is 1. The fourth-order valence-corrected chi connectivity index (χ4v) is 6.00. The van der Waals surface area contributed by atoms with Crippen LogP contribution in [0, 0.1) is 0 Å². The van der Waals surface area contributed by atoms with E-state index in [4.69, 9.17) is 14.5 Å². The Morgan fingerprint density at radius 3 is 2.62 bits per heavy atom. The van der Waals surface area contributed by atoms with E-state index in [-0.39, 0.29) is 18.1 Å². The van der Waals surface area contributed by atoms with Gasteiger partial charge in [0.05, 0.1) is 42.3 Å². The van der Waals surface area contributed by atoms with Crippen molar-refractivity contribution in [1.82, 2.24) is 4.57 Å². The highest BCUT2D eigenvalue weighted by Crippen LogP contribution is 2.35. The van der Waals surface area contributed by atoms with Gasteiger partial charge >= 0.3 is 5.97 Å². The Labute approximate surface area is 217 Å². The molecule has 2 aliphatic rings. The fourth-order valence-electron chi connectivity index (χ4n) is 4.89. The number of thiazole rings is 1. The first-order chi connectivity index (χ1) is 17.9. The minimum absolute atomic E-state index is 0.193. The molecule has 5 rings (SSSR count). The van der Waals surface area contributed by atoms with Crippen LogP contribution in [0.1, 0.15) is 43.9 Å². The summed E-state index contributed by atoms with van der Waals surface area (Å²) in [6.07, 6.45) is 1.29. The van der Waals surface area contributed by atoms with E-state index in [1.165, 1.54) is 15.9 Å². The number of nitrogens with zero attached hydrogens (tertiary/aromatic N) is 3. The van der Waals surface area contributed by atoms with Crippen LogP contribution >= 0.6 is 11.3 Å². The van der Waals surface area contributed by atoms with Crippen LogP contribution in [0.15, 0.2) is 69.6 Å². The van der Waals surface area contributed by atoms with E-state index in [0.717, 1.165) is 12.1 Å². The van der Waals surface area contributed by atoms with Crippen LogP contribution in [0.25, 0.3) is 5.57 Å². The van der Waals surface area contributed by atoms with Gasteiger partial charge in [0.25, 0.3) is 11.5 Å². The summed E-state index contributed by atoms with van der Waals surface area (Å²) in [4.78, 5) is 47.5. The SMILES string of the molecule is CCCC1=C(C(=O)OCC)[C@@H](c2cccc(OC)c2)n2c(s/c(=C3\C(=O)N(C)c4ccccc43)c2=O)=N1. The predicted octanol–water partition coefficient (Wildman–Crippen LogP) is 2.93. The molecular formula is C28H27N3O5S. The molecule has 2 aliphatic heterocycles. The Kier molecular flexibility index (Phi) is 6.55. The smallest absolute Gasteiger partial charge is 0.338 e. The first kappa shape index (κ1) is 24.7. The van der Waals surface area contributed by atoms with Crippen molar-refractivity contribution < 1.29 is 19.1 Å². The van der Waals surface area contributed by atoms with Crippen LogP contribution in [-0.2, 0) is 14.3 Å². The number of hydrogen-bond donors (Lipinski definition) is 0. The number of benzene rings is 2. The second kappa shape index (κ2) is 9.82. The lowest BCUT2D eigenvalue weighted by Crippen LogP contribution is -2.41. The van der Waals surface area contributed by atoms with Crippen molar-refractivity contribution in [2.75, 3.05) is 25.7 Å². The summed E-state index contributed by atoms with van der Waals surface area (Å²) in [5.74, 6) is -0.161. The Morgan fingerprint density at radius 2 is 1.89 bits per heavy atom. The van der Waals surface area contributed by atoms with Gasteiger partial charge < -0.3 is 14.4 Å². The maximum atomic E-state index is 14.1. The van der Waals surface area contributed by atoms with Gasteiger partial charge in [-0.05, 0) is 37.1 Å². The molecule has 0 saturated heterocycles. The van der Waals surface area contributed by atoms with Crippen molar-refractivity contribution in [3.05, 3.63) is 90.6 Å². The van der Waals surface area contributed by atoms with Crippen molar-refractivity contribution in [3.8, 4) is 5.75 Å². The number of fused-ring (bicyclic) bond motifs is 2. The molecule has 0 spiro atoms. The average Bonchev–Trinajstić information content (AvgIpc) is 3.36. The van der Waals surface area contributed by atoms with Crippen molar-refractivity contribution in [1.29, 1.82) is 0 Å². The largest absolute Gasteiger partial charge is 0.497 e. The van der Waals surface area contributed by atoms with E-state index >= 15 is 0 Å². The molecule has 37 heavy (non-hydrogen) atoms. The van der Waals surface area contributed by atoms with Crippen LogP contribution in [0.5, 0.6) is 5.75 Å². The Bertz CT molecular complexity index is 1630. The highest BCUT2D eigenvalue weighted by molar-refractivity contribution is 7.07. The molecule has 0 bridgehead atoms. The van der Waals surface area contributed by atoms with Gasteiger partial charge in [-0.25, -0.2) is 9.79 Å². The molecule has 1 atom stereocenters. The number of aromatic nitrogens is 1. The molecule has 1 aromatic heterocycles. The molecule has 9 heteroatoms. The molecule has 8 nitrogen and oxygen atoms in total. The number of carbonyl (C=O) groups excluding carboxylic acids is 2. The van der Waals surface area contributed by atoms with E-state index in [2.05, 4.69) is 0 Å². The van der Waals surface area contributed by atoms with Gasteiger partial charge in [-0.3, -0.25) is 14.2 Å². The molecule has 3 aromatic rings. The average molecular weight is 518 g/mol. The topological polar surface area (TPSA) is 90.2 Å². The van der Waals surface area contributed by atoms with Crippen LogP contribution < -0.4 is 24.5 Å². The van der Waals surface area contributed by atoms with Gasteiger partial charge in [-0.1, -0.05) is 55.0 Å². The predicted molar refractivity (Wildman–Crippen MR) is 141 cm³/mol. The van der Waals surface area contributed by atoms with Gasteiger partial charge in [0.1, 0.15) is 10.3 Å². The number of methoxy groups -OCH3 is 1. The fraction of sp³-hybridized carbons (Fsp3) is 0.286. The van der Waals surface area contributed by atoms with Crippen LogP contribution in [0.4, 0.5) is 5.69 Å². The van der Waals surface area contributed by atoms with E-state index in [0.29, 0.717) is 49.5 Å². The summed E-state index contributed by atoms with van der Waals surface area (Å²) in [6.45, 7) is 3.95. The molecule has 2 aromatic carbocycles. The molecule has 1 amide bonds. The number of allylic oxidation sites excluding steroid dienone is 1. The molecule has 0 unspecified atom stereocenters. The highest BCUT2D eigenvalue weighted by atomic mass is 32.1. The zero-order chi connectivity index (χ0) is 26.3. The number of amides is 1. The highest BCUT2D eigenvalue weighted by Gasteiger charge is 2.37. The lowest BCUT2D eigenvalue weighted by atomic mass is 9.94. The van der Waals surface area contributed by atoms with E-state index in [1.807, 2.05) is 49.4 Å². The Balaban J connectivity index is 1.86. The van der Waals surface area contributed by atoms with Crippen LogP contribution in [0.2, 0.25) is 0 Å². The molecule has 0 N–H and O–H groups in total. The number of rotatable bonds is 6. The number of carbonyl (C=O) groups is 2. The Morgan fingerprint density at radius 1 is 1.11 bits per heavy atom. The number of likely N-dealkylation sites (N-methyl/N-ethyl adjacent to an activating group) is 1. The van der Waals surface area contributed by atoms with Gasteiger partial charge in [0.15, 0.2) is 4.80 Å². The molecule has 0 fully saturated rings. The van der Waals surface area contributed by atoms with Crippen molar-refractivity contribution in [2.24, 2.45) is 4.99 Å². The molecule has 0 radical (unpaired) electrons. The molecule has 0 saturated carbocycles. The minimum Gasteiger partial charge on any atom is -0.497 e. The van der Waals surface area contributed by atoms with Crippen molar-refractivity contribution in [3.63, 3.8) is 0 Å². The maximum Gasteiger partial charge on any atom is 0.338 e. The quantitative estimate of drug-likeness (QED) is 0.469. The first-order valence-electron chi connectivity index (χ1n) is 12.2. The van der Waals surface area contributed by atoms with E-state index in [1.54, 1.807) is 32.0 Å². The first-order valence-corrected chi connectivity index (χ1v) is 13.0. The second-order valence-corrected chi connectivity index (χ2v) is 9.74. The molecule has 3 heterocycles. The third kappa shape index (κ3) is 3.99. The van der Waals surface area contributed by atoms with Crippen LogP contribution in [0.3, 0.4) is 0 Å². The minimum atomic E-state index is -0.772. The van der Waals surface area contributed by atoms with Crippen LogP contribution in [-0.4, -0.2) is 37.2 Å². The number of anilines is 1. The summed E-state index contributed by atoms with van der Waals surface area (Å²) in [5.41, 5.74) is 3.04. The zero-order valence-electron chi connectivity index (χ0n) is 21.1. The second-order valence-electron chi connectivity index (χ2n) is 8.77. The summed E-state index contributed by atoms with van der Waals surface area (Å²) in [7, 11) is 3.26. The summed E-state index contributed by atoms with van der Waals surface area (Å²) in [5, 5.41) is 0. The Hall–Kier alpha value is -3.98. The third-order valence-corrected chi connectivity index (χ3v) is 7.61. The molecule has 190 valence electrons. The van der Waals surface area contributed by atoms with Crippen molar-refractivity contribution in [2.45, 2.75) is 32.7 Å². The van der Waals surface area contributed by atoms with E-state index in [9.17, 15) is 14.4 Å². The number of ether oxygens (including phenoxy) is 2. The number of hydrogen-bond acceptors (Lipinski definition) is 7. The summed E-state index contributed by atoms with van der Waals surface area (Å²) in [6, 6.07) is 13.9.